The Hall–Kier alpha value is -0.830. The van der Waals surface area contributed by atoms with Crippen molar-refractivity contribution < 1.29 is 19.7 Å². The number of aliphatic hydroxyl groups excluding tert-OH is 2. The number of rotatable bonds is 4. The van der Waals surface area contributed by atoms with Crippen molar-refractivity contribution in [3.8, 4) is 11.8 Å². The summed E-state index contributed by atoms with van der Waals surface area (Å²) in [5.74, 6) is 5.70. The first kappa shape index (κ1) is 17.5. The fraction of sp³-hybridized carbons (Fsp3) is 0.706. The molecular formula is C17H23BrO4. The molecule has 2 rings (SSSR count). The Balaban J connectivity index is 2.02. The zero-order valence-electron chi connectivity index (χ0n) is 13.0. The van der Waals surface area contributed by atoms with Gasteiger partial charge in [0.2, 0.25) is 0 Å². The lowest BCUT2D eigenvalue weighted by molar-refractivity contribution is -0.141. The van der Waals surface area contributed by atoms with Crippen molar-refractivity contribution in [1.82, 2.24) is 0 Å². The van der Waals surface area contributed by atoms with Crippen molar-refractivity contribution in [2.45, 2.75) is 57.8 Å². The van der Waals surface area contributed by atoms with Crippen molar-refractivity contribution >= 4 is 21.9 Å². The fourth-order valence-electron chi connectivity index (χ4n) is 3.17. The molecule has 1 aliphatic heterocycles. The average molecular weight is 371 g/mol. The molecule has 0 unspecified atom stereocenters. The van der Waals surface area contributed by atoms with Gasteiger partial charge in [0.25, 0.3) is 0 Å². The zero-order valence-corrected chi connectivity index (χ0v) is 14.5. The fourth-order valence-corrected chi connectivity index (χ4v) is 3.93. The lowest BCUT2D eigenvalue weighted by Gasteiger charge is -2.20. The van der Waals surface area contributed by atoms with Crippen molar-refractivity contribution in [2.24, 2.45) is 17.8 Å². The van der Waals surface area contributed by atoms with Crippen molar-refractivity contribution in [1.29, 1.82) is 0 Å². The van der Waals surface area contributed by atoms with E-state index in [1.54, 1.807) is 0 Å². The number of hydrogen-bond donors (Lipinski definition) is 2. The summed E-state index contributed by atoms with van der Waals surface area (Å²) in [5, 5.41) is 20.5. The van der Waals surface area contributed by atoms with E-state index in [9.17, 15) is 15.0 Å². The van der Waals surface area contributed by atoms with E-state index in [-0.39, 0.29) is 29.8 Å². The van der Waals surface area contributed by atoms with Gasteiger partial charge in [0.15, 0.2) is 0 Å². The van der Waals surface area contributed by atoms with Gasteiger partial charge in [-0.1, -0.05) is 35.9 Å². The first-order valence-corrected chi connectivity index (χ1v) is 8.61. The second-order valence-corrected chi connectivity index (χ2v) is 7.08. The molecule has 0 aromatic heterocycles. The maximum Gasteiger partial charge on any atom is 0.306 e. The van der Waals surface area contributed by atoms with E-state index in [0.717, 1.165) is 6.42 Å². The van der Waals surface area contributed by atoms with Crippen LogP contribution in [0.15, 0.2) is 10.6 Å². The van der Waals surface area contributed by atoms with Crippen LogP contribution in [0, 0.1) is 29.6 Å². The second-order valence-electron chi connectivity index (χ2n) is 6.16. The molecule has 2 fully saturated rings. The molecule has 5 heteroatoms. The predicted octanol–water partition coefficient (Wildman–Crippen LogP) is 2.38. The number of esters is 1. The number of aliphatic hydroxyl groups is 2. The van der Waals surface area contributed by atoms with Crippen LogP contribution in [0.2, 0.25) is 0 Å². The van der Waals surface area contributed by atoms with Crippen LogP contribution >= 0.6 is 15.9 Å². The molecule has 2 N–H and O–H groups in total. The summed E-state index contributed by atoms with van der Waals surface area (Å²) >= 11 is 3.43. The first-order valence-electron chi connectivity index (χ1n) is 7.82. The Morgan fingerprint density at radius 1 is 1.55 bits per heavy atom. The maximum absolute atomic E-state index is 11.4. The van der Waals surface area contributed by atoms with E-state index in [0.29, 0.717) is 23.7 Å². The third-order valence-corrected chi connectivity index (χ3v) is 5.21. The van der Waals surface area contributed by atoms with Gasteiger partial charge in [-0.25, -0.2) is 0 Å². The van der Waals surface area contributed by atoms with E-state index in [4.69, 9.17) is 4.74 Å². The topological polar surface area (TPSA) is 66.8 Å². The summed E-state index contributed by atoms with van der Waals surface area (Å²) in [7, 11) is 0. The minimum absolute atomic E-state index is 0.000442. The van der Waals surface area contributed by atoms with Crippen LogP contribution in [-0.2, 0) is 9.53 Å². The summed E-state index contributed by atoms with van der Waals surface area (Å²) < 4.78 is 5.87. The normalized spacial score (nSPS) is 33.7. The van der Waals surface area contributed by atoms with Gasteiger partial charge < -0.3 is 14.9 Å². The van der Waals surface area contributed by atoms with E-state index < -0.39 is 12.2 Å². The molecule has 0 aromatic rings. The average Bonchev–Trinajstić information content (AvgIpc) is 2.95. The Kier molecular flexibility index (Phi) is 6.08. The highest BCUT2D eigenvalue weighted by atomic mass is 79.9. The van der Waals surface area contributed by atoms with Crippen molar-refractivity contribution in [3.05, 3.63) is 10.6 Å². The number of ether oxygens (including phenoxy) is 1. The maximum atomic E-state index is 11.4. The predicted molar refractivity (Wildman–Crippen MR) is 87.0 cm³/mol. The highest BCUT2D eigenvalue weighted by Gasteiger charge is 2.48. The van der Waals surface area contributed by atoms with Crippen LogP contribution < -0.4 is 0 Å². The van der Waals surface area contributed by atoms with Gasteiger partial charge in [-0.05, 0) is 5.92 Å². The number of carbonyl (C=O) groups is 1. The van der Waals surface area contributed by atoms with Gasteiger partial charge in [-0.2, -0.15) is 0 Å². The molecule has 2 aliphatic rings. The van der Waals surface area contributed by atoms with Crippen molar-refractivity contribution in [2.75, 3.05) is 0 Å². The van der Waals surface area contributed by atoms with Gasteiger partial charge in [0.1, 0.15) is 6.10 Å². The minimum atomic E-state index is -0.657. The number of hydrogen-bond acceptors (Lipinski definition) is 4. The van der Waals surface area contributed by atoms with Crippen LogP contribution in [0.1, 0.15) is 39.5 Å². The van der Waals surface area contributed by atoms with Crippen molar-refractivity contribution in [3.63, 3.8) is 0 Å². The Morgan fingerprint density at radius 3 is 2.95 bits per heavy atom. The van der Waals surface area contributed by atoms with Gasteiger partial charge in [-0.15, -0.1) is 11.8 Å². The highest BCUT2D eigenvalue weighted by Crippen LogP contribution is 2.43. The molecule has 0 aromatic carbocycles. The molecule has 1 aliphatic carbocycles. The molecule has 0 bridgehead atoms. The zero-order chi connectivity index (χ0) is 16.3. The summed E-state index contributed by atoms with van der Waals surface area (Å²) in [6.45, 7) is 3.94. The molecule has 1 saturated heterocycles. The van der Waals surface area contributed by atoms with Crippen LogP contribution in [0.5, 0.6) is 0 Å². The molecule has 0 amide bonds. The number of halogens is 1. The molecule has 0 spiro atoms. The van der Waals surface area contributed by atoms with Gasteiger partial charge in [0, 0.05) is 35.6 Å². The summed E-state index contributed by atoms with van der Waals surface area (Å²) in [4.78, 5) is 11.4. The molecule has 4 nitrogen and oxygen atoms in total. The van der Waals surface area contributed by atoms with Gasteiger partial charge in [-0.3, -0.25) is 4.79 Å². The molecular weight excluding hydrogens is 348 g/mol. The molecule has 122 valence electrons. The minimum Gasteiger partial charge on any atom is -0.462 e. The van der Waals surface area contributed by atoms with Gasteiger partial charge in [0.05, 0.1) is 18.6 Å². The largest absolute Gasteiger partial charge is 0.462 e. The van der Waals surface area contributed by atoms with Gasteiger partial charge >= 0.3 is 5.97 Å². The third kappa shape index (κ3) is 3.92. The van der Waals surface area contributed by atoms with E-state index in [1.807, 2.05) is 19.9 Å². The summed E-state index contributed by atoms with van der Waals surface area (Å²) in [5.41, 5.74) is 0. The smallest absolute Gasteiger partial charge is 0.306 e. The number of carbonyl (C=O) groups excluding carboxylic acids is 1. The molecule has 1 heterocycles. The van der Waals surface area contributed by atoms with E-state index in [2.05, 4.69) is 27.8 Å². The SMILES string of the molecule is CCC#CC[C@H](C)[C@H](O)/C(Br)=C\[C@H]1[C@H]2CC(=O)O[C@H]2C[C@H]1O. The Morgan fingerprint density at radius 2 is 2.27 bits per heavy atom. The number of fused-ring (bicyclic) bond motifs is 1. The highest BCUT2D eigenvalue weighted by molar-refractivity contribution is 9.11. The Labute approximate surface area is 140 Å². The Bertz CT molecular complexity index is 505. The summed E-state index contributed by atoms with van der Waals surface area (Å²) in [6.07, 6.45) is 2.74. The molecule has 0 radical (unpaired) electrons. The lowest BCUT2D eigenvalue weighted by atomic mass is 9.90. The molecule has 6 atom stereocenters. The third-order valence-electron chi connectivity index (χ3n) is 4.47. The quantitative estimate of drug-likeness (QED) is 0.588. The van der Waals surface area contributed by atoms with Crippen LogP contribution in [-0.4, -0.2) is 34.5 Å². The first-order chi connectivity index (χ1) is 10.4. The van der Waals surface area contributed by atoms with Crippen LogP contribution in [0.25, 0.3) is 0 Å². The summed E-state index contributed by atoms with van der Waals surface area (Å²) in [6, 6.07) is 0. The lowest BCUT2D eigenvalue weighted by Crippen LogP contribution is -2.22. The molecule has 22 heavy (non-hydrogen) atoms. The standard InChI is InChI=1S/C17H23BrO4/c1-3-4-5-6-10(2)17(21)13(18)7-11-12-8-16(20)22-15(12)9-14(11)19/h7,10-12,14-15,17,19,21H,3,6,8-9H2,1-2H3/b13-7+/t10-,11-,12+,14+,15-,17-/m0/s1. The van der Waals surface area contributed by atoms with E-state index in [1.165, 1.54) is 0 Å². The second kappa shape index (κ2) is 7.63. The van der Waals surface area contributed by atoms with Crippen LogP contribution in [0.4, 0.5) is 0 Å². The molecule has 1 saturated carbocycles. The van der Waals surface area contributed by atoms with Crippen LogP contribution in [0.3, 0.4) is 0 Å². The van der Waals surface area contributed by atoms with E-state index >= 15 is 0 Å². The monoisotopic (exact) mass is 370 g/mol.